The summed E-state index contributed by atoms with van der Waals surface area (Å²) in [6, 6.07) is 13.4. The standard InChI is InChI=1S/C26H36N4O/c1-27(2)17-20-6-4-5-7-23(20)24-8-9-25-21-14-19(16-30(25)26(24)31)15-29(18-21)22-10-12-28(3)13-11-22/h4-9,19,21-22H,10-18H2,1-3H3/t19-,21+/m0/s1. The number of pyridine rings is 1. The van der Waals surface area contributed by atoms with Crippen molar-refractivity contribution in [3.63, 3.8) is 0 Å². The molecule has 2 bridgehead atoms. The summed E-state index contributed by atoms with van der Waals surface area (Å²) >= 11 is 0. The first kappa shape index (κ1) is 20.9. The van der Waals surface area contributed by atoms with Crippen molar-refractivity contribution in [2.45, 2.75) is 44.3 Å². The molecule has 2 saturated heterocycles. The van der Waals surface area contributed by atoms with Gasteiger partial charge in [-0.1, -0.05) is 24.3 Å². The van der Waals surface area contributed by atoms with Gasteiger partial charge in [-0.05, 0) is 82.7 Å². The van der Waals surface area contributed by atoms with E-state index < -0.39 is 0 Å². The molecule has 5 rings (SSSR count). The van der Waals surface area contributed by atoms with E-state index in [0.717, 1.165) is 43.3 Å². The Hall–Kier alpha value is -1.95. The monoisotopic (exact) mass is 420 g/mol. The summed E-state index contributed by atoms with van der Waals surface area (Å²) in [5.74, 6) is 1.09. The van der Waals surface area contributed by atoms with Gasteiger partial charge in [0, 0.05) is 49.4 Å². The molecule has 3 aliphatic rings. The number of benzene rings is 1. The lowest BCUT2D eigenvalue weighted by Gasteiger charge is -2.47. The van der Waals surface area contributed by atoms with Crippen molar-refractivity contribution in [3.05, 3.63) is 58.0 Å². The maximum absolute atomic E-state index is 13.6. The van der Waals surface area contributed by atoms with E-state index in [4.69, 9.17) is 0 Å². The maximum atomic E-state index is 13.6. The second-order valence-electron chi connectivity index (χ2n) is 10.3. The zero-order valence-corrected chi connectivity index (χ0v) is 19.3. The van der Waals surface area contributed by atoms with Crippen LogP contribution in [0.25, 0.3) is 11.1 Å². The van der Waals surface area contributed by atoms with Gasteiger partial charge in [-0.3, -0.25) is 9.69 Å². The Balaban J connectivity index is 1.44. The van der Waals surface area contributed by atoms with E-state index in [1.54, 1.807) is 0 Å². The van der Waals surface area contributed by atoms with Crippen molar-refractivity contribution in [2.75, 3.05) is 47.3 Å². The highest BCUT2D eigenvalue weighted by atomic mass is 16.1. The third-order valence-corrected chi connectivity index (χ3v) is 7.63. The van der Waals surface area contributed by atoms with E-state index in [9.17, 15) is 4.79 Å². The smallest absolute Gasteiger partial charge is 0.258 e. The highest BCUT2D eigenvalue weighted by molar-refractivity contribution is 5.66. The maximum Gasteiger partial charge on any atom is 0.258 e. The minimum Gasteiger partial charge on any atom is -0.311 e. The number of fused-ring (bicyclic) bond motifs is 4. The first-order chi connectivity index (χ1) is 15.0. The molecule has 2 aromatic rings. The molecule has 0 spiro atoms. The molecule has 0 radical (unpaired) electrons. The molecule has 2 fully saturated rings. The molecule has 5 heteroatoms. The van der Waals surface area contributed by atoms with E-state index in [1.165, 1.54) is 43.6 Å². The van der Waals surface area contributed by atoms with E-state index in [1.807, 2.05) is 6.07 Å². The van der Waals surface area contributed by atoms with E-state index in [-0.39, 0.29) is 5.56 Å². The number of hydrogen-bond donors (Lipinski definition) is 0. The second kappa shape index (κ2) is 8.53. The van der Waals surface area contributed by atoms with Crippen LogP contribution < -0.4 is 5.56 Å². The number of rotatable bonds is 4. The SMILES string of the molecule is CN(C)Cc1ccccc1-c1ccc2n(c1=O)C[C@H]1C[C@@H]2CN(C2CCN(C)CC2)C1. The molecule has 31 heavy (non-hydrogen) atoms. The van der Waals surface area contributed by atoms with Gasteiger partial charge in [-0.2, -0.15) is 0 Å². The van der Waals surface area contributed by atoms with Crippen LogP contribution in [0.3, 0.4) is 0 Å². The molecule has 0 N–H and O–H groups in total. The highest BCUT2D eigenvalue weighted by Crippen LogP contribution is 2.37. The summed E-state index contributed by atoms with van der Waals surface area (Å²) in [4.78, 5) is 21.0. The molecule has 1 aromatic carbocycles. The minimum atomic E-state index is 0.200. The molecule has 4 heterocycles. The molecule has 3 aliphatic heterocycles. The Labute approximate surface area is 186 Å². The van der Waals surface area contributed by atoms with Crippen LogP contribution in [0.1, 0.15) is 36.4 Å². The molecule has 0 saturated carbocycles. The van der Waals surface area contributed by atoms with Gasteiger partial charge in [-0.15, -0.1) is 0 Å². The van der Waals surface area contributed by atoms with Gasteiger partial charge >= 0.3 is 0 Å². The van der Waals surface area contributed by atoms with Gasteiger partial charge in [-0.25, -0.2) is 0 Å². The average Bonchev–Trinajstić information content (AvgIpc) is 2.75. The summed E-state index contributed by atoms with van der Waals surface area (Å²) in [5.41, 5.74) is 4.61. The number of hydrogen-bond acceptors (Lipinski definition) is 4. The molecule has 2 atom stereocenters. The lowest BCUT2D eigenvalue weighted by atomic mass is 9.81. The zero-order valence-electron chi connectivity index (χ0n) is 19.3. The van der Waals surface area contributed by atoms with Crippen LogP contribution in [0.15, 0.2) is 41.2 Å². The van der Waals surface area contributed by atoms with E-state index in [0.29, 0.717) is 11.8 Å². The fourth-order valence-electron chi connectivity index (χ4n) is 6.11. The molecular weight excluding hydrogens is 384 g/mol. The van der Waals surface area contributed by atoms with Gasteiger partial charge in [0.1, 0.15) is 0 Å². The number of likely N-dealkylation sites (tertiary alicyclic amines) is 2. The summed E-state index contributed by atoms with van der Waals surface area (Å²) < 4.78 is 2.12. The predicted octanol–water partition coefficient (Wildman–Crippen LogP) is 3.09. The van der Waals surface area contributed by atoms with Crippen molar-refractivity contribution in [1.29, 1.82) is 0 Å². The van der Waals surface area contributed by atoms with Gasteiger partial charge in [0.25, 0.3) is 5.56 Å². The number of piperidine rings is 2. The Morgan fingerprint density at radius 1 is 0.968 bits per heavy atom. The molecule has 166 valence electrons. The molecule has 1 aromatic heterocycles. The quantitative estimate of drug-likeness (QED) is 0.761. The second-order valence-corrected chi connectivity index (χ2v) is 10.3. The van der Waals surface area contributed by atoms with Crippen LogP contribution in [0.5, 0.6) is 0 Å². The van der Waals surface area contributed by atoms with Gasteiger partial charge in [0.2, 0.25) is 0 Å². The van der Waals surface area contributed by atoms with Crippen LogP contribution in [0.2, 0.25) is 0 Å². The van der Waals surface area contributed by atoms with Crippen LogP contribution in [-0.2, 0) is 13.1 Å². The first-order valence-corrected chi connectivity index (χ1v) is 11.9. The zero-order chi connectivity index (χ0) is 21.5. The molecular formula is C26H36N4O. The third kappa shape index (κ3) is 4.11. The lowest BCUT2D eigenvalue weighted by Crippen LogP contribution is -2.53. The molecule has 0 aliphatic carbocycles. The fraction of sp³-hybridized carbons (Fsp3) is 0.577. The average molecular weight is 421 g/mol. The minimum absolute atomic E-state index is 0.200. The summed E-state index contributed by atoms with van der Waals surface area (Å²) in [6.45, 7) is 6.40. The summed E-state index contributed by atoms with van der Waals surface area (Å²) in [7, 11) is 6.39. The van der Waals surface area contributed by atoms with Crippen molar-refractivity contribution in [2.24, 2.45) is 5.92 Å². The third-order valence-electron chi connectivity index (χ3n) is 7.63. The van der Waals surface area contributed by atoms with Crippen LogP contribution in [-0.4, -0.2) is 72.6 Å². The van der Waals surface area contributed by atoms with Crippen LogP contribution in [0.4, 0.5) is 0 Å². The lowest BCUT2D eigenvalue weighted by molar-refractivity contribution is 0.0517. The Morgan fingerprint density at radius 2 is 1.74 bits per heavy atom. The van der Waals surface area contributed by atoms with Crippen molar-refractivity contribution in [1.82, 2.24) is 19.3 Å². The van der Waals surface area contributed by atoms with Crippen molar-refractivity contribution in [3.8, 4) is 11.1 Å². The molecule has 0 amide bonds. The first-order valence-electron chi connectivity index (χ1n) is 11.9. The summed E-state index contributed by atoms with van der Waals surface area (Å²) in [6.07, 6.45) is 3.80. The van der Waals surface area contributed by atoms with Crippen molar-refractivity contribution < 1.29 is 0 Å². The van der Waals surface area contributed by atoms with Gasteiger partial charge < -0.3 is 14.4 Å². The van der Waals surface area contributed by atoms with E-state index in [2.05, 4.69) is 70.7 Å². The predicted molar refractivity (Wildman–Crippen MR) is 126 cm³/mol. The molecule has 0 unspecified atom stereocenters. The molecule has 5 nitrogen and oxygen atoms in total. The normalized spacial score (nSPS) is 25.0. The number of aromatic nitrogens is 1. The largest absolute Gasteiger partial charge is 0.311 e. The highest BCUT2D eigenvalue weighted by Gasteiger charge is 2.37. The number of nitrogens with zero attached hydrogens (tertiary/aromatic N) is 4. The fourth-order valence-corrected chi connectivity index (χ4v) is 6.11. The Kier molecular flexibility index (Phi) is 5.76. The van der Waals surface area contributed by atoms with Gasteiger partial charge in [0.15, 0.2) is 0 Å². The van der Waals surface area contributed by atoms with E-state index >= 15 is 0 Å². The van der Waals surface area contributed by atoms with Crippen molar-refractivity contribution >= 4 is 0 Å². The summed E-state index contributed by atoms with van der Waals surface area (Å²) in [5, 5.41) is 0. The topological polar surface area (TPSA) is 31.7 Å². The van der Waals surface area contributed by atoms with Gasteiger partial charge in [0.05, 0.1) is 0 Å². The Bertz CT molecular complexity index is 989. The van der Waals surface area contributed by atoms with Crippen LogP contribution >= 0.6 is 0 Å². The Morgan fingerprint density at radius 3 is 2.52 bits per heavy atom. The van der Waals surface area contributed by atoms with Crippen LogP contribution in [0, 0.1) is 5.92 Å².